The lowest BCUT2D eigenvalue weighted by molar-refractivity contribution is 0.309. The summed E-state index contributed by atoms with van der Waals surface area (Å²) >= 11 is 0. The van der Waals surface area contributed by atoms with Crippen LogP contribution < -0.4 is 4.74 Å². The number of nitrogens with zero attached hydrogens (tertiary/aromatic N) is 2. The van der Waals surface area contributed by atoms with E-state index in [1.165, 1.54) is 7.11 Å². The third kappa shape index (κ3) is 3.80. The van der Waals surface area contributed by atoms with Crippen molar-refractivity contribution in [3.8, 4) is 11.8 Å². The highest BCUT2D eigenvalue weighted by Crippen LogP contribution is 2.21. The number of benzene rings is 2. The van der Waals surface area contributed by atoms with Crippen LogP contribution in [-0.4, -0.2) is 19.1 Å². The second kappa shape index (κ2) is 6.87. The molecule has 0 aromatic heterocycles. The number of methoxy groups -OCH3 is 1. The molecule has 0 radical (unpaired) electrons. The van der Waals surface area contributed by atoms with Gasteiger partial charge in [-0.1, -0.05) is 24.3 Å². The number of hydrogen-bond acceptors (Lipinski definition) is 3. The van der Waals surface area contributed by atoms with Gasteiger partial charge in [0.1, 0.15) is 0 Å². The number of nitriles is 1. The van der Waals surface area contributed by atoms with Gasteiger partial charge in [0.15, 0.2) is 11.6 Å². The van der Waals surface area contributed by atoms with Gasteiger partial charge < -0.3 is 4.74 Å². The lowest BCUT2D eigenvalue weighted by Gasteiger charge is -2.18. The highest BCUT2D eigenvalue weighted by atomic mass is 19.1. The van der Waals surface area contributed by atoms with Gasteiger partial charge in [-0.05, 0) is 30.8 Å². The maximum Gasteiger partial charge on any atom is 0.169 e. The van der Waals surface area contributed by atoms with Crippen molar-refractivity contribution >= 4 is 0 Å². The van der Waals surface area contributed by atoms with Gasteiger partial charge in [-0.15, -0.1) is 0 Å². The zero-order chi connectivity index (χ0) is 15.2. The number of halogens is 1. The molecule has 2 rings (SSSR count). The zero-order valence-electron chi connectivity index (χ0n) is 12.1. The summed E-state index contributed by atoms with van der Waals surface area (Å²) in [6.45, 7) is 1.12. The van der Waals surface area contributed by atoms with E-state index in [0.29, 0.717) is 24.2 Å². The third-order valence-electron chi connectivity index (χ3n) is 3.21. The highest BCUT2D eigenvalue weighted by Gasteiger charge is 2.10. The number of hydrogen-bond donors (Lipinski definition) is 0. The quantitative estimate of drug-likeness (QED) is 0.845. The van der Waals surface area contributed by atoms with Gasteiger partial charge >= 0.3 is 0 Å². The van der Waals surface area contributed by atoms with Crippen LogP contribution in [0.25, 0.3) is 0 Å². The Hall–Kier alpha value is -2.38. The van der Waals surface area contributed by atoms with Crippen molar-refractivity contribution in [3.05, 3.63) is 65.0 Å². The Kier molecular flexibility index (Phi) is 4.91. The van der Waals surface area contributed by atoms with Crippen LogP contribution in [0.5, 0.6) is 5.75 Å². The number of ether oxygens (including phenoxy) is 1. The van der Waals surface area contributed by atoms with Gasteiger partial charge in [-0.25, -0.2) is 4.39 Å². The monoisotopic (exact) mass is 284 g/mol. The maximum absolute atomic E-state index is 14.1. The fourth-order valence-electron chi connectivity index (χ4n) is 2.23. The molecule has 0 spiro atoms. The van der Waals surface area contributed by atoms with E-state index in [0.717, 1.165) is 5.56 Å². The molecule has 0 amide bonds. The molecule has 0 aliphatic carbocycles. The number of rotatable bonds is 5. The highest BCUT2D eigenvalue weighted by molar-refractivity contribution is 5.33. The molecule has 0 bridgehead atoms. The predicted octanol–water partition coefficient (Wildman–Crippen LogP) is 3.34. The average Bonchev–Trinajstić information content (AvgIpc) is 2.49. The molecule has 0 aliphatic rings. The molecule has 0 saturated heterocycles. The zero-order valence-corrected chi connectivity index (χ0v) is 12.1. The summed E-state index contributed by atoms with van der Waals surface area (Å²) in [5, 5.41) is 8.90. The van der Waals surface area contributed by atoms with Crippen molar-refractivity contribution in [3.63, 3.8) is 0 Å². The molecule has 2 aromatic rings. The van der Waals surface area contributed by atoms with Crippen LogP contribution >= 0.6 is 0 Å². The van der Waals surface area contributed by atoms with E-state index < -0.39 is 0 Å². The molecule has 0 N–H and O–H groups in total. The molecule has 108 valence electrons. The lowest BCUT2D eigenvalue weighted by Crippen LogP contribution is -2.18. The van der Waals surface area contributed by atoms with Crippen LogP contribution in [0.2, 0.25) is 0 Å². The first kappa shape index (κ1) is 15.0. The van der Waals surface area contributed by atoms with Crippen molar-refractivity contribution in [1.82, 2.24) is 4.90 Å². The summed E-state index contributed by atoms with van der Waals surface area (Å²) in [5.74, 6) is -0.0648. The van der Waals surface area contributed by atoms with E-state index in [9.17, 15) is 4.39 Å². The minimum Gasteiger partial charge on any atom is -0.494 e. The predicted molar refractivity (Wildman–Crippen MR) is 79.3 cm³/mol. The van der Waals surface area contributed by atoms with Crippen molar-refractivity contribution < 1.29 is 9.13 Å². The fourth-order valence-corrected chi connectivity index (χ4v) is 2.23. The summed E-state index contributed by atoms with van der Waals surface area (Å²) in [6, 6.07) is 14.7. The Morgan fingerprint density at radius 3 is 2.67 bits per heavy atom. The van der Waals surface area contributed by atoms with Gasteiger partial charge in [-0.3, -0.25) is 4.90 Å². The topological polar surface area (TPSA) is 36.3 Å². The summed E-state index contributed by atoms with van der Waals surface area (Å²) in [6.07, 6.45) is 0. The van der Waals surface area contributed by atoms with E-state index >= 15 is 0 Å². The van der Waals surface area contributed by atoms with Crippen LogP contribution in [0.1, 0.15) is 16.7 Å². The smallest absolute Gasteiger partial charge is 0.169 e. The molecule has 21 heavy (non-hydrogen) atoms. The van der Waals surface area contributed by atoms with Crippen molar-refractivity contribution in [2.24, 2.45) is 0 Å². The summed E-state index contributed by atoms with van der Waals surface area (Å²) < 4.78 is 19.1. The minimum absolute atomic E-state index is 0.257. The van der Waals surface area contributed by atoms with Gasteiger partial charge in [0.25, 0.3) is 0 Å². The van der Waals surface area contributed by atoms with Crippen LogP contribution in [0, 0.1) is 17.1 Å². The molecule has 0 heterocycles. The van der Waals surface area contributed by atoms with Gasteiger partial charge in [0.05, 0.1) is 18.7 Å². The third-order valence-corrected chi connectivity index (χ3v) is 3.21. The SMILES string of the molecule is COc1cccc(CN(C)Cc2cccc(C#N)c2)c1F. The lowest BCUT2D eigenvalue weighted by atomic mass is 10.1. The van der Waals surface area contributed by atoms with E-state index in [1.54, 1.807) is 24.3 Å². The van der Waals surface area contributed by atoms with Gasteiger partial charge in [0, 0.05) is 18.7 Å². The van der Waals surface area contributed by atoms with E-state index in [1.807, 2.05) is 30.1 Å². The molecule has 0 unspecified atom stereocenters. The standard InChI is InChI=1S/C17H17FN2O/c1-20(11-14-6-3-5-13(9-14)10-19)12-15-7-4-8-16(21-2)17(15)18/h3-9H,11-12H2,1-2H3. The normalized spacial score (nSPS) is 10.4. The van der Waals surface area contributed by atoms with Crippen molar-refractivity contribution in [2.75, 3.05) is 14.2 Å². The average molecular weight is 284 g/mol. The fraction of sp³-hybridized carbons (Fsp3) is 0.235. The molecular weight excluding hydrogens is 267 g/mol. The first-order chi connectivity index (χ1) is 10.1. The van der Waals surface area contributed by atoms with Gasteiger partial charge in [0.2, 0.25) is 0 Å². The molecule has 0 aliphatic heterocycles. The maximum atomic E-state index is 14.1. The van der Waals surface area contributed by atoms with Crippen LogP contribution in [0.4, 0.5) is 4.39 Å². The molecule has 3 nitrogen and oxygen atoms in total. The van der Waals surface area contributed by atoms with Crippen LogP contribution in [0.15, 0.2) is 42.5 Å². The summed E-state index contributed by atoms with van der Waals surface area (Å²) in [7, 11) is 3.37. The van der Waals surface area contributed by atoms with E-state index in [2.05, 4.69) is 6.07 Å². The summed E-state index contributed by atoms with van der Waals surface area (Å²) in [5.41, 5.74) is 2.25. The molecule has 2 aromatic carbocycles. The summed E-state index contributed by atoms with van der Waals surface area (Å²) in [4.78, 5) is 1.99. The molecule has 0 atom stereocenters. The second-order valence-electron chi connectivity index (χ2n) is 4.92. The van der Waals surface area contributed by atoms with E-state index in [-0.39, 0.29) is 11.6 Å². The first-order valence-corrected chi connectivity index (χ1v) is 6.63. The Morgan fingerprint density at radius 1 is 1.19 bits per heavy atom. The molecular formula is C17H17FN2O. The Bertz CT molecular complexity index is 664. The van der Waals surface area contributed by atoms with Gasteiger partial charge in [-0.2, -0.15) is 5.26 Å². The Labute approximate surface area is 124 Å². The molecule has 4 heteroatoms. The first-order valence-electron chi connectivity index (χ1n) is 6.63. The minimum atomic E-state index is -0.322. The van der Waals surface area contributed by atoms with Crippen molar-refractivity contribution in [2.45, 2.75) is 13.1 Å². The molecule has 0 fully saturated rings. The Morgan fingerprint density at radius 2 is 1.95 bits per heavy atom. The Balaban J connectivity index is 2.08. The molecule has 0 saturated carbocycles. The van der Waals surface area contributed by atoms with E-state index in [4.69, 9.17) is 10.00 Å². The van der Waals surface area contributed by atoms with Crippen molar-refractivity contribution in [1.29, 1.82) is 5.26 Å². The second-order valence-corrected chi connectivity index (χ2v) is 4.92. The van der Waals surface area contributed by atoms with Crippen LogP contribution in [-0.2, 0) is 13.1 Å². The largest absolute Gasteiger partial charge is 0.494 e. The van der Waals surface area contributed by atoms with Crippen LogP contribution in [0.3, 0.4) is 0 Å².